The Morgan fingerprint density at radius 1 is 1.47 bits per heavy atom. The van der Waals surface area contributed by atoms with E-state index in [4.69, 9.17) is 9.52 Å². The summed E-state index contributed by atoms with van der Waals surface area (Å²) in [6.07, 6.45) is 3.51. The van der Waals surface area contributed by atoms with Crippen LogP contribution in [0.1, 0.15) is 24.9 Å². The Balaban J connectivity index is 1.99. The molecule has 0 bridgehead atoms. The molecular formula is C14H17NO4. The Morgan fingerprint density at radius 3 is 2.74 bits per heavy atom. The van der Waals surface area contributed by atoms with Crippen LogP contribution in [0.5, 0.6) is 0 Å². The quantitative estimate of drug-likeness (QED) is 0.846. The molecule has 0 spiro atoms. The minimum absolute atomic E-state index is 0.181. The number of hydrogen-bond acceptors (Lipinski definition) is 3. The molecule has 5 nitrogen and oxygen atoms in total. The Morgan fingerprint density at radius 2 is 2.21 bits per heavy atom. The number of carbonyl (C=O) groups excluding carboxylic acids is 1. The fourth-order valence-corrected chi connectivity index (χ4v) is 2.13. The summed E-state index contributed by atoms with van der Waals surface area (Å²) in [4.78, 5) is 24.6. The average Bonchev–Trinajstić information content (AvgIpc) is 2.94. The van der Waals surface area contributed by atoms with E-state index in [0.717, 1.165) is 5.76 Å². The van der Waals surface area contributed by atoms with Crippen molar-refractivity contribution in [3.8, 4) is 0 Å². The molecule has 0 unspecified atom stereocenters. The predicted octanol–water partition coefficient (Wildman–Crippen LogP) is 1.92. The first kappa shape index (κ1) is 13.4. The molecule has 1 aromatic heterocycles. The van der Waals surface area contributed by atoms with E-state index in [0.29, 0.717) is 18.7 Å². The Hall–Kier alpha value is -2.04. The van der Waals surface area contributed by atoms with Crippen LogP contribution in [0.25, 0.3) is 6.08 Å². The van der Waals surface area contributed by atoms with Crippen molar-refractivity contribution in [3.05, 3.63) is 29.7 Å². The van der Waals surface area contributed by atoms with Crippen molar-refractivity contribution < 1.29 is 19.1 Å². The van der Waals surface area contributed by atoms with Crippen molar-refractivity contribution in [2.45, 2.75) is 20.3 Å². The van der Waals surface area contributed by atoms with E-state index in [-0.39, 0.29) is 12.5 Å². The summed E-state index contributed by atoms with van der Waals surface area (Å²) < 4.78 is 5.32. The number of amides is 1. The monoisotopic (exact) mass is 263 g/mol. The van der Waals surface area contributed by atoms with Crippen LogP contribution in [-0.2, 0) is 9.59 Å². The standard InChI is InChI=1S/C14H17NO4/c1-10-3-4-11(19-10)5-6-12(16)15-8-7-14(2,9-15)13(17)18/h3-6H,7-9H2,1-2H3,(H,17,18)/b6-5+/t14-/m0/s1. The van der Waals surface area contributed by atoms with Gasteiger partial charge in [0.25, 0.3) is 0 Å². The highest BCUT2D eigenvalue weighted by Crippen LogP contribution is 2.30. The van der Waals surface area contributed by atoms with Gasteiger partial charge in [-0.15, -0.1) is 0 Å². The Bertz CT molecular complexity index is 531. The highest BCUT2D eigenvalue weighted by Gasteiger charge is 2.41. The van der Waals surface area contributed by atoms with Crippen LogP contribution < -0.4 is 0 Å². The van der Waals surface area contributed by atoms with Gasteiger partial charge in [-0.2, -0.15) is 0 Å². The SMILES string of the molecule is Cc1ccc(/C=C/C(=O)N2CC[C@](C)(C(=O)O)C2)o1. The molecule has 2 rings (SSSR count). The molecule has 1 fully saturated rings. The number of nitrogens with zero attached hydrogens (tertiary/aromatic N) is 1. The summed E-state index contributed by atoms with van der Waals surface area (Å²) in [7, 11) is 0. The molecule has 1 aliphatic rings. The van der Waals surface area contributed by atoms with Crippen LogP contribution in [-0.4, -0.2) is 35.0 Å². The maximum absolute atomic E-state index is 11.9. The molecule has 19 heavy (non-hydrogen) atoms. The van der Waals surface area contributed by atoms with E-state index in [2.05, 4.69) is 0 Å². The first-order chi connectivity index (χ1) is 8.90. The smallest absolute Gasteiger partial charge is 0.311 e. The van der Waals surface area contributed by atoms with Crippen molar-refractivity contribution in [3.63, 3.8) is 0 Å². The van der Waals surface area contributed by atoms with Gasteiger partial charge in [0.05, 0.1) is 5.41 Å². The van der Waals surface area contributed by atoms with E-state index < -0.39 is 11.4 Å². The van der Waals surface area contributed by atoms with Gasteiger partial charge in [-0.05, 0) is 38.5 Å². The van der Waals surface area contributed by atoms with E-state index in [1.54, 1.807) is 24.0 Å². The highest BCUT2D eigenvalue weighted by atomic mass is 16.4. The third-order valence-corrected chi connectivity index (χ3v) is 3.45. The number of rotatable bonds is 3. The predicted molar refractivity (Wildman–Crippen MR) is 69.4 cm³/mol. The largest absolute Gasteiger partial charge is 0.481 e. The van der Waals surface area contributed by atoms with Crippen molar-refractivity contribution in [1.29, 1.82) is 0 Å². The van der Waals surface area contributed by atoms with E-state index in [1.165, 1.54) is 6.08 Å². The summed E-state index contributed by atoms with van der Waals surface area (Å²) >= 11 is 0. The van der Waals surface area contributed by atoms with Crippen molar-refractivity contribution in [2.24, 2.45) is 5.41 Å². The molecule has 5 heteroatoms. The molecule has 1 saturated heterocycles. The molecule has 1 N–H and O–H groups in total. The number of aliphatic carboxylic acids is 1. The maximum Gasteiger partial charge on any atom is 0.311 e. The molecule has 102 valence electrons. The fourth-order valence-electron chi connectivity index (χ4n) is 2.13. The van der Waals surface area contributed by atoms with Crippen LogP contribution in [0, 0.1) is 12.3 Å². The van der Waals surface area contributed by atoms with Gasteiger partial charge in [0.2, 0.25) is 5.91 Å². The van der Waals surface area contributed by atoms with Gasteiger partial charge < -0.3 is 14.4 Å². The van der Waals surface area contributed by atoms with Gasteiger partial charge in [-0.1, -0.05) is 0 Å². The van der Waals surface area contributed by atoms with Gasteiger partial charge >= 0.3 is 5.97 Å². The molecule has 0 radical (unpaired) electrons. The molecular weight excluding hydrogens is 246 g/mol. The Labute approximate surface area is 111 Å². The molecule has 1 aromatic rings. The van der Waals surface area contributed by atoms with Crippen LogP contribution >= 0.6 is 0 Å². The number of hydrogen-bond donors (Lipinski definition) is 1. The molecule has 0 aromatic carbocycles. The van der Waals surface area contributed by atoms with Crippen molar-refractivity contribution >= 4 is 18.0 Å². The van der Waals surface area contributed by atoms with Crippen molar-refractivity contribution in [1.82, 2.24) is 4.90 Å². The van der Waals surface area contributed by atoms with Crippen molar-refractivity contribution in [2.75, 3.05) is 13.1 Å². The first-order valence-electron chi connectivity index (χ1n) is 6.17. The number of carboxylic acids is 1. The second-order valence-corrected chi connectivity index (χ2v) is 5.16. The Kier molecular flexibility index (Phi) is 3.46. The highest BCUT2D eigenvalue weighted by molar-refractivity contribution is 5.92. The zero-order valence-electron chi connectivity index (χ0n) is 11.0. The van der Waals surface area contributed by atoms with Crippen LogP contribution in [0.15, 0.2) is 22.6 Å². The van der Waals surface area contributed by atoms with E-state index in [9.17, 15) is 9.59 Å². The zero-order valence-corrected chi connectivity index (χ0v) is 11.0. The van der Waals surface area contributed by atoms with Gasteiger partial charge in [0.15, 0.2) is 0 Å². The maximum atomic E-state index is 11.9. The second kappa shape index (κ2) is 4.91. The average molecular weight is 263 g/mol. The minimum Gasteiger partial charge on any atom is -0.481 e. The molecule has 0 aliphatic carbocycles. The zero-order chi connectivity index (χ0) is 14.0. The molecule has 0 saturated carbocycles. The van der Waals surface area contributed by atoms with Crippen LogP contribution in [0.3, 0.4) is 0 Å². The lowest BCUT2D eigenvalue weighted by molar-refractivity contribution is -0.147. The first-order valence-corrected chi connectivity index (χ1v) is 6.17. The third-order valence-electron chi connectivity index (χ3n) is 3.45. The summed E-state index contributed by atoms with van der Waals surface area (Å²) in [5.74, 6) is 0.366. The van der Waals surface area contributed by atoms with Gasteiger partial charge in [0.1, 0.15) is 11.5 Å². The summed E-state index contributed by atoms with van der Waals surface area (Å²) in [6, 6.07) is 3.60. The lowest BCUT2D eigenvalue weighted by atomic mass is 9.90. The van der Waals surface area contributed by atoms with Crippen LogP contribution in [0.2, 0.25) is 0 Å². The number of carbonyl (C=O) groups is 2. The molecule has 1 aliphatic heterocycles. The molecule has 2 heterocycles. The summed E-state index contributed by atoms with van der Waals surface area (Å²) in [5.41, 5.74) is -0.829. The minimum atomic E-state index is -0.853. The lowest BCUT2D eigenvalue weighted by Gasteiger charge is -2.18. The number of furan rings is 1. The van der Waals surface area contributed by atoms with Crippen LogP contribution in [0.4, 0.5) is 0 Å². The number of likely N-dealkylation sites (tertiary alicyclic amines) is 1. The second-order valence-electron chi connectivity index (χ2n) is 5.16. The number of aryl methyl sites for hydroxylation is 1. The molecule has 1 amide bonds. The third kappa shape index (κ3) is 2.86. The van der Waals surface area contributed by atoms with Gasteiger partial charge in [-0.3, -0.25) is 9.59 Å². The van der Waals surface area contributed by atoms with E-state index in [1.807, 2.05) is 13.0 Å². The van der Waals surface area contributed by atoms with E-state index >= 15 is 0 Å². The van der Waals surface area contributed by atoms with Gasteiger partial charge in [0, 0.05) is 19.2 Å². The van der Waals surface area contributed by atoms with Gasteiger partial charge in [-0.25, -0.2) is 0 Å². The topological polar surface area (TPSA) is 70.8 Å². The molecule has 1 atom stereocenters. The number of carboxylic acid groups (broad SMARTS) is 1. The summed E-state index contributed by atoms with van der Waals surface area (Å²) in [6.45, 7) is 4.23. The summed E-state index contributed by atoms with van der Waals surface area (Å²) in [5, 5.41) is 9.11. The lowest BCUT2D eigenvalue weighted by Crippen LogP contribution is -2.34. The normalized spacial score (nSPS) is 23.2. The fraction of sp³-hybridized carbons (Fsp3) is 0.429.